The zero-order valence-electron chi connectivity index (χ0n) is 14.0. The number of halogens is 1. The van der Waals surface area contributed by atoms with Crippen molar-refractivity contribution in [3.05, 3.63) is 35.1 Å². The molecule has 1 saturated heterocycles. The van der Waals surface area contributed by atoms with E-state index in [0.717, 1.165) is 5.56 Å². The van der Waals surface area contributed by atoms with Gasteiger partial charge in [0.2, 0.25) is 0 Å². The van der Waals surface area contributed by atoms with Gasteiger partial charge in [0.15, 0.2) is 15.8 Å². The van der Waals surface area contributed by atoms with Crippen LogP contribution in [0, 0.1) is 5.82 Å². The number of benzene rings is 1. The number of nitrogens with one attached hydrogen (secondary N) is 2. The molecule has 2 rings (SSSR count). The van der Waals surface area contributed by atoms with Gasteiger partial charge in [-0.3, -0.25) is 0 Å². The summed E-state index contributed by atoms with van der Waals surface area (Å²) in [6.45, 7) is 3.19. The van der Waals surface area contributed by atoms with E-state index < -0.39 is 9.84 Å². The van der Waals surface area contributed by atoms with Crippen molar-refractivity contribution in [3.8, 4) is 0 Å². The van der Waals surface area contributed by atoms with Crippen LogP contribution in [0.2, 0.25) is 0 Å². The summed E-state index contributed by atoms with van der Waals surface area (Å²) >= 11 is 0. The van der Waals surface area contributed by atoms with Gasteiger partial charge in [0.05, 0.1) is 24.7 Å². The third kappa shape index (κ3) is 5.45. The van der Waals surface area contributed by atoms with E-state index in [2.05, 4.69) is 15.6 Å². The summed E-state index contributed by atoms with van der Waals surface area (Å²) in [5.74, 6) is 0.608. The Bertz CT molecular complexity index is 692. The van der Waals surface area contributed by atoms with Crippen molar-refractivity contribution >= 4 is 15.8 Å². The molecule has 0 spiro atoms. The number of nitrogens with zero attached hydrogens (tertiary/aromatic N) is 1. The monoisotopic (exact) mass is 357 g/mol. The van der Waals surface area contributed by atoms with Crippen LogP contribution in [0.3, 0.4) is 0 Å². The van der Waals surface area contributed by atoms with Gasteiger partial charge in [0.25, 0.3) is 0 Å². The first kappa shape index (κ1) is 18.7. The first-order valence-corrected chi connectivity index (χ1v) is 9.77. The number of sulfone groups is 1. The molecule has 1 aromatic rings. The maximum Gasteiger partial charge on any atom is 0.191 e. The fraction of sp³-hybridized carbons (Fsp3) is 0.562. The molecule has 24 heavy (non-hydrogen) atoms. The van der Waals surface area contributed by atoms with Crippen LogP contribution in [0.1, 0.15) is 24.5 Å². The lowest BCUT2D eigenvalue weighted by Crippen LogP contribution is -2.44. The largest absolute Gasteiger partial charge is 0.380 e. The molecular formula is C16H24FN3O3S. The second kappa shape index (κ2) is 8.43. The van der Waals surface area contributed by atoms with Gasteiger partial charge in [0, 0.05) is 25.3 Å². The average Bonchev–Trinajstić information content (AvgIpc) is 2.87. The first-order valence-electron chi connectivity index (χ1n) is 7.95. The number of rotatable bonds is 6. The van der Waals surface area contributed by atoms with Crippen molar-refractivity contribution in [2.45, 2.75) is 32.5 Å². The van der Waals surface area contributed by atoms with Gasteiger partial charge in [-0.15, -0.1) is 0 Å². The molecule has 0 bridgehead atoms. The predicted molar refractivity (Wildman–Crippen MR) is 92.1 cm³/mol. The molecule has 8 heteroatoms. The number of hydrogen-bond donors (Lipinski definition) is 2. The molecule has 0 radical (unpaired) electrons. The van der Waals surface area contributed by atoms with Crippen LogP contribution in [-0.2, 0) is 27.7 Å². The topological polar surface area (TPSA) is 79.8 Å². The Hall–Kier alpha value is -1.67. The third-order valence-corrected chi connectivity index (χ3v) is 5.52. The van der Waals surface area contributed by atoms with Crippen molar-refractivity contribution in [3.63, 3.8) is 0 Å². The molecule has 1 aliphatic heterocycles. The Morgan fingerprint density at radius 2 is 2.25 bits per heavy atom. The summed E-state index contributed by atoms with van der Waals surface area (Å²) in [5.41, 5.74) is 1.35. The highest BCUT2D eigenvalue weighted by Gasteiger charge is 2.28. The number of guanidine groups is 1. The van der Waals surface area contributed by atoms with Crippen molar-refractivity contribution in [1.29, 1.82) is 0 Å². The zero-order chi connectivity index (χ0) is 17.6. The predicted octanol–water partition coefficient (Wildman–Crippen LogP) is 1.21. The third-order valence-electron chi connectivity index (χ3n) is 3.75. The second-order valence-corrected chi connectivity index (χ2v) is 8.03. The molecule has 1 fully saturated rings. The second-order valence-electron chi connectivity index (χ2n) is 5.80. The lowest BCUT2D eigenvalue weighted by atomic mass is 10.1. The summed E-state index contributed by atoms with van der Waals surface area (Å²) in [7, 11) is -1.42. The molecule has 1 atom stereocenters. The number of aliphatic imine (C=N–C) groups is 1. The van der Waals surface area contributed by atoms with E-state index in [1.807, 2.05) is 6.92 Å². The van der Waals surface area contributed by atoms with Gasteiger partial charge in [-0.05, 0) is 31.0 Å². The highest BCUT2D eigenvalue weighted by molar-refractivity contribution is 7.91. The highest BCUT2D eigenvalue weighted by Crippen LogP contribution is 2.13. The highest BCUT2D eigenvalue weighted by atomic mass is 32.2. The van der Waals surface area contributed by atoms with E-state index in [1.165, 1.54) is 13.2 Å². The minimum absolute atomic E-state index is 0.120. The maximum absolute atomic E-state index is 13.6. The smallest absolute Gasteiger partial charge is 0.191 e. The van der Waals surface area contributed by atoms with Gasteiger partial charge >= 0.3 is 0 Å². The number of ether oxygens (including phenoxy) is 1. The van der Waals surface area contributed by atoms with Crippen LogP contribution in [0.5, 0.6) is 0 Å². The molecule has 1 heterocycles. The Morgan fingerprint density at radius 3 is 2.88 bits per heavy atom. The Labute approximate surface area is 142 Å². The van der Waals surface area contributed by atoms with Crippen LogP contribution in [0.25, 0.3) is 0 Å². The lowest BCUT2D eigenvalue weighted by Gasteiger charge is -2.16. The quantitative estimate of drug-likeness (QED) is 0.591. The summed E-state index contributed by atoms with van der Waals surface area (Å²) in [5, 5.41) is 6.26. The number of hydrogen-bond acceptors (Lipinski definition) is 4. The fourth-order valence-corrected chi connectivity index (χ4v) is 4.26. The Balaban J connectivity index is 2.04. The van der Waals surface area contributed by atoms with E-state index in [0.29, 0.717) is 31.0 Å². The van der Waals surface area contributed by atoms with E-state index >= 15 is 0 Å². The summed E-state index contributed by atoms with van der Waals surface area (Å²) in [6.07, 6.45) is 0.585. The van der Waals surface area contributed by atoms with Crippen LogP contribution in [-0.4, -0.2) is 45.6 Å². The normalized spacial score (nSPS) is 20.1. The van der Waals surface area contributed by atoms with Crippen molar-refractivity contribution in [2.75, 3.05) is 25.2 Å². The molecule has 0 saturated carbocycles. The van der Waals surface area contributed by atoms with E-state index in [1.54, 1.807) is 12.1 Å². The summed E-state index contributed by atoms with van der Waals surface area (Å²) in [4.78, 5) is 4.46. The molecule has 6 nitrogen and oxygen atoms in total. The fourth-order valence-electron chi connectivity index (χ4n) is 2.59. The summed E-state index contributed by atoms with van der Waals surface area (Å²) < 4.78 is 41.7. The number of methoxy groups -OCH3 is 1. The van der Waals surface area contributed by atoms with Gasteiger partial charge in [-0.2, -0.15) is 0 Å². The van der Waals surface area contributed by atoms with E-state index in [-0.39, 0.29) is 30.0 Å². The molecule has 0 amide bonds. The standard InChI is InChI=1S/C16H24FN3O3S/c1-3-18-16(20-14-6-7-24(21,22)11-14)19-9-12-4-5-15(17)13(8-12)10-23-2/h4-5,8,14H,3,6-7,9-11H2,1-2H3,(H2,18,19,20). The minimum Gasteiger partial charge on any atom is -0.380 e. The Morgan fingerprint density at radius 1 is 1.46 bits per heavy atom. The molecule has 1 aromatic carbocycles. The molecule has 0 aromatic heterocycles. The van der Waals surface area contributed by atoms with Crippen LogP contribution >= 0.6 is 0 Å². The van der Waals surface area contributed by atoms with Crippen molar-refractivity contribution in [1.82, 2.24) is 10.6 Å². The molecule has 2 N–H and O–H groups in total. The maximum atomic E-state index is 13.6. The summed E-state index contributed by atoms with van der Waals surface area (Å²) in [6, 6.07) is 4.70. The van der Waals surface area contributed by atoms with Crippen molar-refractivity contribution < 1.29 is 17.5 Å². The van der Waals surface area contributed by atoms with Gasteiger partial charge in [-0.1, -0.05) is 6.07 Å². The van der Waals surface area contributed by atoms with Crippen molar-refractivity contribution in [2.24, 2.45) is 4.99 Å². The zero-order valence-corrected chi connectivity index (χ0v) is 14.8. The average molecular weight is 357 g/mol. The molecular weight excluding hydrogens is 333 g/mol. The Kier molecular flexibility index (Phi) is 6.56. The van der Waals surface area contributed by atoms with Crippen LogP contribution in [0.15, 0.2) is 23.2 Å². The van der Waals surface area contributed by atoms with Crippen LogP contribution in [0.4, 0.5) is 4.39 Å². The lowest BCUT2D eigenvalue weighted by molar-refractivity contribution is 0.181. The van der Waals surface area contributed by atoms with E-state index in [9.17, 15) is 12.8 Å². The molecule has 134 valence electrons. The van der Waals surface area contributed by atoms with Gasteiger partial charge in [-0.25, -0.2) is 17.8 Å². The van der Waals surface area contributed by atoms with Gasteiger partial charge in [0.1, 0.15) is 5.82 Å². The molecule has 1 unspecified atom stereocenters. The SMILES string of the molecule is CCNC(=NCc1ccc(F)c(COC)c1)NC1CCS(=O)(=O)C1. The van der Waals surface area contributed by atoms with E-state index in [4.69, 9.17) is 4.74 Å². The first-order chi connectivity index (χ1) is 11.4. The van der Waals surface area contributed by atoms with Crippen LogP contribution < -0.4 is 10.6 Å². The molecule has 0 aliphatic carbocycles. The molecule has 1 aliphatic rings. The van der Waals surface area contributed by atoms with Gasteiger partial charge < -0.3 is 15.4 Å². The minimum atomic E-state index is -2.94.